The fourth-order valence-electron chi connectivity index (χ4n) is 3.97. The molecular formula is C21H25NO5S. The van der Waals surface area contributed by atoms with Crippen molar-refractivity contribution in [1.29, 1.82) is 0 Å². The number of allylic oxidation sites excluding steroid dienone is 3. The Kier molecular flexibility index (Phi) is 5.74. The molecule has 2 heterocycles. The first-order valence-electron chi connectivity index (χ1n) is 9.33. The van der Waals surface area contributed by atoms with Crippen LogP contribution in [0.25, 0.3) is 0 Å². The van der Waals surface area contributed by atoms with E-state index in [9.17, 15) is 14.4 Å². The van der Waals surface area contributed by atoms with Gasteiger partial charge in [-0.1, -0.05) is 13.0 Å². The first kappa shape index (κ1) is 20.3. The molecule has 1 N–H and O–H groups in total. The lowest BCUT2D eigenvalue weighted by Crippen LogP contribution is -2.43. The fraction of sp³-hybridized carbons (Fsp3) is 0.476. The van der Waals surface area contributed by atoms with Gasteiger partial charge in [0.05, 0.1) is 24.7 Å². The zero-order valence-corrected chi connectivity index (χ0v) is 17.5. The molecule has 0 saturated heterocycles. The number of thiophene rings is 1. The maximum Gasteiger partial charge on any atom is 0.337 e. The average molecular weight is 404 g/mol. The molecule has 1 aliphatic carbocycles. The maximum atomic E-state index is 13.4. The van der Waals surface area contributed by atoms with Crippen LogP contribution in [0.1, 0.15) is 44.9 Å². The van der Waals surface area contributed by atoms with Gasteiger partial charge in [0, 0.05) is 21.8 Å². The molecule has 0 spiro atoms. The standard InChI is InChI=1S/C21H25NO5S/c1-10(2)27-21(25)16-12(4)22-13-9-11(3)15(20(24)26-5)19(23)17(13)18(16)14-7-6-8-28-14/h6-8,10-11,15,18,22H,9H2,1-5H3/t11-,15-,18-/m1/s1. The van der Waals surface area contributed by atoms with E-state index in [0.717, 1.165) is 10.6 Å². The summed E-state index contributed by atoms with van der Waals surface area (Å²) in [5.74, 6) is -2.87. The molecule has 0 aromatic carbocycles. The molecule has 3 rings (SSSR count). The van der Waals surface area contributed by atoms with Crippen LogP contribution in [0.2, 0.25) is 0 Å². The summed E-state index contributed by atoms with van der Waals surface area (Å²) in [5, 5.41) is 5.15. The highest BCUT2D eigenvalue weighted by Gasteiger charge is 2.47. The fourth-order valence-corrected chi connectivity index (χ4v) is 4.81. The zero-order chi connectivity index (χ0) is 20.6. The van der Waals surface area contributed by atoms with E-state index in [1.807, 2.05) is 31.4 Å². The molecule has 0 radical (unpaired) electrons. The summed E-state index contributed by atoms with van der Waals surface area (Å²) in [6.07, 6.45) is 0.254. The number of ether oxygens (including phenoxy) is 2. The summed E-state index contributed by atoms with van der Waals surface area (Å²) in [5.41, 5.74) is 2.34. The number of esters is 2. The minimum Gasteiger partial charge on any atom is -0.468 e. The second-order valence-corrected chi connectivity index (χ2v) is 8.48. The minimum atomic E-state index is -0.867. The van der Waals surface area contributed by atoms with Crippen LogP contribution in [-0.2, 0) is 23.9 Å². The normalized spacial score (nSPS) is 24.8. The van der Waals surface area contributed by atoms with Crippen molar-refractivity contribution in [3.63, 3.8) is 0 Å². The van der Waals surface area contributed by atoms with Gasteiger partial charge in [0.1, 0.15) is 5.92 Å². The Labute approximate surface area is 168 Å². The second-order valence-electron chi connectivity index (χ2n) is 7.50. The molecule has 7 heteroatoms. The van der Waals surface area contributed by atoms with E-state index in [0.29, 0.717) is 23.3 Å². The summed E-state index contributed by atoms with van der Waals surface area (Å²) in [6.45, 7) is 7.26. The molecule has 0 unspecified atom stereocenters. The average Bonchev–Trinajstić information content (AvgIpc) is 3.13. The zero-order valence-electron chi connectivity index (χ0n) is 16.7. The van der Waals surface area contributed by atoms with Crippen LogP contribution in [0.4, 0.5) is 0 Å². The number of carbonyl (C=O) groups is 3. The lowest BCUT2D eigenvalue weighted by molar-refractivity contribution is -0.151. The third-order valence-corrected chi connectivity index (χ3v) is 6.07. The van der Waals surface area contributed by atoms with Gasteiger partial charge >= 0.3 is 11.9 Å². The van der Waals surface area contributed by atoms with E-state index in [-0.39, 0.29) is 17.8 Å². The molecule has 3 atom stereocenters. The maximum absolute atomic E-state index is 13.4. The third kappa shape index (κ3) is 3.51. The lowest BCUT2D eigenvalue weighted by atomic mass is 9.70. The van der Waals surface area contributed by atoms with Gasteiger partial charge < -0.3 is 14.8 Å². The molecule has 1 aromatic heterocycles. The van der Waals surface area contributed by atoms with E-state index in [4.69, 9.17) is 9.47 Å². The van der Waals surface area contributed by atoms with Gasteiger partial charge in [-0.15, -0.1) is 11.3 Å². The summed E-state index contributed by atoms with van der Waals surface area (Å²) in [7, 11) is 1.29. The lowest BCUT2D eigenvalue weighted by Gasteiger charge is -2.37. The number of ketones is 1. The quantitative estimate of drug-likeness (QED) is 0.614. The number of methoxy groups -OCH3 is 1. The third-order valence-electron chi connectivity index (χ3n) is 5.13. The van der Waals surface area contributed by atoms with Crippen LogP contribution >= 0.6 is 11.3 Å². The number of rotatable bonds is 4. The molecule has 0 bridgehead atoms. The molecule has 0 amide bonds. The van der Waals surface area contributed by atoms with E-state index >= 15 is 0 Å². The summed E-state index contributed by atoms with van der Waals surface area (Å²) < 4.78 is 10.3. The Morgan fingerprint density at radius 1 is 1.32 bits per heavy atom. The van der Waals surface area contributed by atoms with Crippen LogP contribution in [0.3, 0.4) is 0 Å². The van der Waals surface area contributed by atoms with E-state index < -0.39 is 23.8 Å². The highest BCUT2D eigenvalue weighted by atomic mass is 32.1. The second kappa shape index (κ2) is 7.91. The van der Waals surface area contributed by atoms with Crippen molar-refractivity contribution in [2.24, 2.45) is 11.8 Å². The number of carbonyl (C=O) groups excluding carboxylic acids is 3. The van der Waals surface area contributed by atoms with Crippen LogP contribution in [0, 0.1) is 11.8 Å². The van der Waals surface area contributed by atoms with Crippen LogP contribution < -0.4 is 5.32 Å². The Balaban J connectivity index is 2.13. The van der Waals surface area contributed by atoms with Crippen molar-refractivity contribution in [2.75, 3.05) is 7.11 Å². The van der Waals surface area contributed by atoms with E-state index in [2.05, 4.69) is 5.32 Å². The van der Waals surface area contributed by atoms with Crippen molar-refractivity contribution in [3.8, 4) is 0 Å². The monoisotopic (exact) mass is 403 g/mol. The SMILES string of the molecule is COC(=O)[C@H]1C(=O)C2=C(C[C@H]1C)NC(C)=C(C(=O)OC(C)C)[C@H]2c1cccs1. The highest BCUT2D eigenvalue weighted by Crippen LogP contribution is 2.46. The summed E-state index contributed by atoms with van der Waals surface area (Å²) >= 11 is 1.47. The van der Waals surface area contributed by atoms with E-state index in [1.54, 1.807) is 13.8 Å². The van der Waals surface area contributed by atoms with Gasteiger partial charge in [-0.3, -0.25) is 9.59 Å². The van der Waals surface area contributed by atoms with Gasteiger partial charge in [-0.2, -0.15) is 0 Å². The predicted octanol–water partition coefficient (Wildman–Crippen LogP) is 3.31. The van der Waals surface area contributed by atoms with Crippen LogP contribution in [0.15, 0.2) is 40.1 Å². The molecular weight excluding hydrogens is 378 g/mol. The van der Waals surface area contributed by atoms with Crippen molar-refractivity contribution in [3.05, 3.63) is 44.9 Å². The van der Waals surface area contributed by atoms with Crippen molar-refractivity contribution >= 4 is 29.1 Å². The van der Waals surface area contributed by atoms with Crippen LogP contribution in [-0.4, -0.2) is 30.9 Å². The molecule has 2 aliphatic rings. The highest BCUT2D eigenvalue weighted by molar-refractivity contribution is 7.10. The smallest absolute Gasteiger partial charge is 0.337 e. The Morgan fingerprint density at radius 2 is 2.04 bits per heavy atom. The molecule has 0 saturated carbocycles. The summed E-state index contributed by atoms with van der Waals surface area (Å²) in [6, 6.07) is 3.79. The number of dihydropyridines is 1. The first-order valence-corrected chi connectivity index (χ1v) is 10.2. The van der Waals surface area contributed by atoms with Gasteiger partial charge in [0.25, 0.3) is 0 Å². The number of hydrogen-bond donors (Lipinski definition) is 1. The molecule has 150 valence electrons. The van der Waals surface area contributed by atoms with Crippen LogP contribution in [0.5, 0.6) is 0 Å². The van der Waals surface area contributed by atoms with Gasteiger partial charge in [0.2, 0.25) is 0 Å². The Morgan fingerprint density at radius 3 is 2.61 bits per heavy atom. The first-order chi connectivity index (χ1) is 13.3. The molecule has 28 heavy (non-hydrogen) atoms. The van der Waals surface area contributed by atoms with Gasteiger partial charge in [-0.05, 0) is 44.6 Å². The largest absolute Gasteiger partial charge is 0.468 e. The Hall–Kier alpha value is -2.41. The van der Waals surface area contributed by atoms with E-state index in [1.165, 1.54) is 18.4 Å². The molecule has 6 nitrogen and oxygen atoms in total. The molecule has 1 aliphatic heterocycles. The topological polar surface area (TPSA) is 81.7 Å². The molecule has 1 aromatic rings. The van der Waals surface area contributed by atoms with Gasteiger partial charge in [0.15, 0.2) is 5.78 Å². The predicted molar refractivity (Wildman–Crippen MR) is 105 cm³/mol. The number of nitrogens with one attached hydrogen (secondary N) is 1. The van der Waals surface area contributed by atoms with Crippen molar-refractivity contribution in [2.45, 2.75) is 46.1 Å². The van der Waals surface area contributed by atoms with Gasteiger partial charge in [-0.25, -0.2) is 4.79 Å². The minimum absolute atomic E-state index is 0.188. The molecule has 0 fully saturated rings. The summed E-state index contributed by atoms with van der Waals surface area (Å²) in [4.78, 5) is 39.5. The van der Waals surface area contributed by atoms with Crippen molar-refractivity contribution < 1.29 is 23.9 Å². The van der Waals surface area contributed by atoms with Crippen molar-refractivity contribution in [1.82, 2.24) is 5.32 Å². The Bertz CT molecular complexity index is 865. The number of Topliss-reactive ketones (excluding diaryl/α,β-unsaturated/α-hetero) is 1. The number of hydrogen-bond acceptors (Lipinski definition) is 7.